The second-order valence-corrected chi connectivity index (χ2v) is 11.0. The number of hydrogen-bond acceptors (Lipinski definition) is 6. The molecule has 3 aromatic rings. The van der Waals surface area contributed by atoms with E-state index in [4.69, 9.17) is 23.7 Å². The molecule has 3 rings (SSSR count). The maximum atomic E-state index is 10.9. The predicted octanol–water partition coefficient (Wildman–Crippen LogP) is 7.40. The number of unbranched alkanes of at least 4 members (excludes halogenated alkanes) is 4. The van der Waals surface area contributed by atoms with Crippen molar-refractivity contribution in [2.45, 2.75) is 58.0 Å². The molecular formula is C36H50O6. The molecule has 0 spiro atoms. The van der Waals surface area contributed by atoms with Crippen molar-refractivity contribution in [2.75, 3.05) is 53.9 Å². The average Bonchev–Trinajstić information content (AvgIpc) is 3.05. The largest absolute Gasteiger partial charge is 0.497 e. The van der Waals surface area contributed by atoms with Crippen LogP contribution in [0, 0.1) is 5.41 Å². The molecule has 0 heterocycles. The van der Waals surface area contributed by atoms with E-state index in [0.29, 0.717) is 26.4 Å². The smallest absolute Gasteiger partial charge is 0.143 e. The van der Waals surface area contributed by atoms with Crippen LogP contribution in [0.2, 0.25) is 0 Å². The van der Waals surface area contributed by atoms with Gasteiger partial charge >= 0.3 is 0 Å². The van der Waals surface area contributed by atoms with E-state index in [1.54, 1.807) is 14.2 Å². The van der Waals surface area contributed by atoms with Crippen LogP contribution in [0.25, 0.3) is 0 Å². The van der Waals surface area contributed by atoms with Gasteiger partial charge in [0.05, 0.1) is 46.1 Å². The quantitative estimate of drug-likeness (QED) is 0.105. The van der Waals surface area contributed by atoms with Gasteiger partial charge in [0.2, 0.25) is 0 Å². The summed E-state index contributed by atoms with van der Waals surface area (Å²) >= 11 is 0. The molecule has 0 aliphatic rings. The molecule has 0 aromatic heterocycles. The zero-order chi connectivity index (χ0) is 30.1. The minimum Gasteiger partial charge on any atom is -0.497 e. The molecule has 230 valence electrons. The molecule has 0 aliphatic heterocycles. The topological polar surface area (TPSA) is 66.4 Å². The van der Waals surface area contributed by atoms with Crippen molar-refractivity contribution in [3.8, 4) is 11.5 Å². The van der Waals surface area contributed by atoms with E-state index in [0.717, 1.165) is 66.7 Å². The average molecular weight is 579 g/mol. The Kier molecular flexibility index (Phi) is 14.3. The Balaban J connectivity index is 2.05. The van der Waals surface area contributed by atoms with Gasteiger partial charge in [0.25, 0.3) is 0 Å². The number of hydrogen-bond donors (Lipinski definition) is 1. The molecule has 3 aromatic carbocycles. The van der Waals surface area contributed by atoms with Crippen LogP contribution in [0.15, 0.2) is 78.9 Å². The van der Waals surface area contributed by atoms with Crippen molar-refractivity contribution in [3.05, 3.63) is 95.6 Å². The first-order chi connectivity index (χ1) is 20.6. The molecule has 0 aliphatic carbocycles. The summed E-state index contributed by atoms with van der Waals surface area (Å²) in [7, 11) is 3.33. The Hall–Kier alpha value is -2.90. The van der Waals surface area contributed by atoms with Gasteiger partial charge in [0.1, 0.15) is 17.1 Å². The fraction of sp³-hybridized carbons (Fsp3) is 0.500. The Bertz CT molecular complexity index is 1050. The lowest BCUT2D eigenvalue weighted by atomic mass is 9.79. The van der Waals surface area contributed by atoms with Gasteiger partial charge in [-0.2, -0.15) is 0 Å². The first-order valence-electron chi connectivity index (χ1n) is 15.3. The lowest BCUT2D eigenvalue weighted by Gasteiger charge is -2.40. The van der Waals surface area contributed by atoms with Crippen LogP contribution in [0.4, 0.5) is 0 Å². The van der Waals surface area contributed by atoms with E-state index >= 15 is 0 Å². The van der Waals surface area contributed by atoms with Gasteiger partial charge in [-0.25, -0.2) is 0 Å². The summed E-state index contributed by atoms with van der Waals surface area (Å²) in [5, 5.41) is 10.9. The van der Waals surface area contributed by atoms with Gasteiger partial charge in [-0.15, -0.1) is 0 Å². The second-order valence-electron chi connectivity index (χ2n) is 11.0. The monoisotopic (exact) mass is 578 g/mol. The minimum atomic E-state index is -0.982. The summed E-state index contributed by atoms with van der Waals surface area (Å²) in [6.45, 7) is 6.43. The maximum absolute atomic E-state index is 10.9. The molecular weight excluding hydrogens is 528 g/mol. The van der Waals surface area contributed by atoms with E-state index in [2.05, 4.69) is 26.0 Å². The number of aliphatic hydroxyl groups excluding tert-OH is 1. The van der Waals surface area contributed by atoms with Gasteiger partial charge in [-0.3, -0.25) is 0 Å². The van der Waals surface area contributed by atoms with Crippen molar-refractivity contribution in [1.29, 1.82) is 0 Å². The lowest BCUT2D eigenvalue weighted by molar-refractivity contribution is -0.120. The molecule has 0 saturated heterocycles. The third kappa shape index (κ3) is 9.05. The standard InChI is InChI=1S/C36H50O6/c1-5-7-12-24-40-27-35(26-37,28-41-25-13-8-6-2)29-42-36(30-14-10-9-11-15-30,31-16-20-33(38-3)21-17-31)32-18-22-34(39-4)23-19-32/h9-11,14-23,37H,5-8,12-13,24-29H2,1-4H3. The van der Waals surface area contributed by atoms with E-state index in [9.17, 15) is 5.11 Å². The van der Waals surface area contributed by atoms with Crippen LogP contribution >= 0.6 is 0 Å². The fourth-order valence-electron chi connectivity index (χ4n) is 5.08. The third-order valence-corrected chi connectivity index (χ3v) is 7.70. The Labute approximate surface area is 252 Å². The highest BCUT2D eigenvalue weighted by molar-refractivity contribution is 5.49. The SMILES string of the molecule is CCCCCOCC(CO)(COCCCCC)COC(c1ccccc1)(c1ccc(OC)cc1)c1ccc(OC)cc1. The van der Waals surface area contributed by atoms with E-state index < -0.39 is 11.0 Å². The molecule has 6 nitrogen and oxygen atoms in total. The highest BCUT2D eigenvalue weighted by Gasteiger charge is 2.42. The van der Waals surface area contributed by atoms with Crippen LogP contribution in [-0.2, 0) is 19.8 Å². The summed E-state index contributed by atoms with van der Waals surface area (Å²) in [4.78, 5) is 0. The van der Waals surface area contributed by atoms with Crippen LogP contribution < -0.4 is 9.47 Å². The first-order valence-corrected chi connectivity index (χ1v) is 15.3. The highest BCUT2D eigenvalue weighted by Crippen LogP contribution is 2.43. The molecule has 42 heavy (non-hydrogen) atoms. The normalized spacial score (nSPS) is 11.9. The van der Waals surface area contributed by atoms with Crippen molar-refractivity contribution in [2.24, 2.45) is 5.41 Å². The Morgan fingerprint density at radius 1 is 0.571 bits per heavy atom. The number of benzene rings is 3. The number of methoxy groups -OCH3 is 2. The fourth-order valence-corrected chi connectivity index (χ4v) is 5.08. The van der Waals surface area contributed by atoms with Gasteiger partial charge in [-0.05, 0) is 53.8 Å². The zero-order valence-corrected chi connectivity index (χ0v) is 26.0. The molecule has 0 atom stereocenters. The molecule has 6 heteroatoms. The van der Waals surface area contributed by atoms with E-state index in [1.807, 2.05) is 66.7 Å². The summed E-state index contributed by atoms with van der Waals surface area (Å²) < 4.78 is 30.4. The van der Waals surface area contributed by atoms with Crippen LogP contribution in [0.1, 0.15) is 69.1 Å². The first kappa shape index (κ1) is 33.6. The van der Waals surface area contributed by atoms with Gasteiger partial charge in [0.15, 0.2) is 0 Å². The number of ether oxygens (including phenoxy) is 5. The molecule has 0 radical (unpaired) electrons. The second kappa shape index (κ2) is 17.9. The lowest BCUT2D eigenvalue weighted by Crippen LogP contribution is -2.45. The third-order valence-electron chi connectivity index (χ3n) is 7.70. The van der Waals surface area contributed by atoms with E-state index in [1.165, 1.54) is 0 Å². The highest BCUT2D eigenvalue weighted by atomic mass is 16.5. The summed E-state index contributed by atoms with van der Waals surface area (Å²) in [6, 6.07) is 26.2. The molecule has 0 unspecified atom stereocenters. The van der Waals surface area contributed by atoms with Crippen LogP contribution in [-0.4, -0.2) is 59.0 Å². The van der Waals surface area contributed by atoms with Crippen molar-refractivity contribution in [3.63, 3.8) is 0 Å². The zero-order valence-electron chi connectivity index (χ0n) is 26.0. The Morgan fingerprint density at radius 3 is 1.43 bits per heavy atom. The molecule has 0 saturated carbocycles. The van der Waals surface area contributed by atoms with Crippen molar-refractivity contribution >= 4 is 0 Å². The van der Waals surface area contributed by atoms with Gasteiger partial charge < -0.3 is 28.8 Å². The summed E-state index contributed by atoms with van der Waals surface area (Å²) in [6.07, 6.45) is 6.46. The molecule has 0 amide bonds. The van der Waals surface area contributed by atoms with E-state index in [-0.39, 0.29) is 13.2 Å². The summed E-state index contributed by atoms with van der Waals surface area (Å²) in [5.41, 5.74) is 1.14. The Morgan fingerprint density at radius 2 is 1.02 bits per heavy atom. The maximum Gasteiger partial charge on any atom is 0.143 e. The van der Waals surface area contributed by atoms with Crippen molar-refractivity contribution in [1.82, 2.24) is 0 Å². The van der Waals surface area contributed by atoms with Crippen molar-refractivity contribution < 1.29 is 28.8 Å². The van der Waals surface area contributed by atoms with Gasteiger partial charge in [-0.1, -0.05) is 94.1 Å². The minimum absolute atomic E-state index is 0.120. The van der Waals surface area contributed by atoms with Gasteiger partial charge in [0, 0.05) is 13.2 Å². The molecule has 1 N–H and O–H groups in total. The predicted molar refractivity (Wildman–Crippen MR) is 168 cm³/mol. The summed E-state index contributed by atoms with van der Waals surface area (Å²) in [5.74, 6) is 1.53. The number of rotatable bonds is 21. The van der Waals surface area contributed by atoms with Crippen LogP contribution in [0.5, 0.6) is 11.5 Å². The number of aliphatic hydroxyl groups is 1. The molecule has 0 bridgehead atoms. The van der Waals surface area contributed by atoms with Crippen LogP contribution in [0.3, 0.4) is 0 Å². The molecule has 0 fully saturated rings.